The third kappa shape index (κ3) is 2.33. The highest BCUT2D eigenvalue weighted by Crippen LogP contribution is 2.28. The maximum atomic E-state index is 8.27. The number of hydrogen-bond acceptors (Lipinski definition) is 2. The molecule has 86 valence electrons. The second-order valence-electron chi connectivity index (χ2n) is 5.01. The van der Waals surface area contributed by atoms with Gasteiger partial charge in [-0.05, 0) is 26.7 Å². The topological polar surface area (TPSA) is 36.3 Å². The average molecular weight is 210 g/mol. The predicted molar refractivity (Wildman–Crippen MR) is 61.3 cm³/mol. The van der Waals surface area contributed by atoms with Crippen molar-refractivity contribution < 1.29 is 4.74 Å². The van der Waals surface area contributed by atoms with Crippen LogP contribution < -0.4 is 0 Å². The Labute approximate surface area is 92.3 Å². The van der Waals surface area contributed by atoms with E-state index in [1.165, 1.54) is 25.7 Å². The number of nitrogens with zero attached hydrogens (tertiary/aromatic N) is 1. The summed E-state index contributed by atoms with van der Waals surface area (Å²) in [6, 6.07) is 0.384. The zero-order valence-corrected chi connectivity index (χ0v) is 9.83. The molecule has 0 bridgehead atoms. The zero-order chi connectivity index (χ0) is 10.8. The molecule has 3 nitrogen and oxygen atoms in total. The summed E-state index contributed by atoms with van der Waals surface area (Å²) < 4.78 is 5.59. The summed E-state index contributed by atoms with van der Waals surface area (Å²) in [5, 5.41) is 8.27. The van der Waals surface area contributed by atoms with E-state index in [2.05, 4.69) is 18.7 Å². The lowest BCUT2D eigenvalue weighted by atomic mass is 10.0. The molecule has 2 rings (SSSR count). The Balaban J connectivity index is 1.97. The highest BCUT2D eigenvalue weighted by atomic mass is 16.5. The van der Waals surface area contributed by atoms with Gasteiger partial charge in [0.05, 0.1) is 24.6 Å². The summed E-state index contributed by atoms with van der Waals surface area (Å²) in [5.74, 6) is 1.40. The molecule has 1 aliphatic heterocycles. The van der Waals surface area contributed by atoms with Crippen LogP contribution in [-0.2, 0) is 4.74 Å². The maximum Gasteiger partial charge on any atom is 0.0993 e. The van der Waals surface area contributed by atoms with E-state index in [9.17, 15) is 0 Å². The van der Waals surface area contributed by atoms with Crippen LogP contribution in [0.5, 0.6) is 0 Å². The summed E-state index contributed by atoms with van der Waals surface area (Å²) in [7, 11) is 0. The highest BCUT2D eigenvalue weighted by Gasteiger charge is 2.30. The van der Waals surface area contributed by atoms with Gasteiger partial charge in [-0.1, -0.05) is 12.8 Å². The van der Waals surface area contributed by atoms with Crippen LogP contribution in [0.4, 0.5) is 0 Å². The van der Waals surface area contributed by atoms with Gasteiger partial charge in [-0.25, -0.2) is 0 Å². The minimum Gasteiger partial charge on any atom is -0.375 e. The molecule has 0 aromatic heterocycles. The van der Waals surface area contributed by atoms with E-state index >= 15 is 0 Å². The lowest BCUT2D eigenvalue weighted by Gasteiger charge is -2.40. The predicted octanol–water partition coefficient (Wildman–Crippen LogP) is 2.26. The Kier molecular flexibility index (Phi) is 3.29. The standard InChI is InChI=1S/C12H22N2O/c1-9-8-15-10(2)7-14(9)12(13)11-5-3-4-6-11/h9-11,13H,3-8H2,1-2H3. The number of morpholine rings is 1. The van der Waals surface area contributed by atoms with Gasteiger partial charge in [0.2, 0.25) is 0 Å². The number of amidine groups is 1. The Morgan fingerprint density at radius 3 is 2.60 bits per heavy atom. The third-order valence-electron chi connectivity index (χ3n) is 3.66. The molecule has 2 aliphatic rings. The second-order valence-corrected chi connectivity index (χ2v) is 5.01. The molecule has 1 saturated heterocycles. The van der Waals surface area contributed by atoms with Gasteiger partial charge in [-0.3, -0.25) is 5.41 Å². The summed E-state index contributed by atoms with van der Waals surface area (Å²) in [4.78, 5) is 2.25. The zero-order valence-electron chi connectivity index (χ0n) is 9.83. The summed E-state index contributed by atoms with van der Waals surface area (Å²) >= 11 is 0. The van der Waals surface area contributed by atoms with Crippen LogP contribution in [0.15, 0.2) is 0 Å². The van der Waals surface area contributed by atoms with Crippen molar-refractivity contribution in [3.05, 3.63) is 0 Å². The van der Waals surface area contributed by atoms with Crippen molar-refractivity contribution in [2.45, 2.75) is 51.7 Å². The van der Waals surface area contributed by atoms with Crippen molar-refractivity contribution in [3.8, 4) is 0 Å². The van der Waals surface area contributed by atoms with Crippen LogP contribution in [0.1, 0.15) is 39.5 Å². The van der Waals surface area contributed by atoms with Crippen molar-refractivity contribution in [2.75, 3.05) is 13.2 Å². The van der Waals surface area contributed by atoms with E-state index in [-0.39, 0.29) is 6.10 Å². The van der Waals surface area contributed by atoms with Gasteiger partial charge in [0.15, 0.2) is 0 Å². The van der Waals surface area contributed by atoms with E-state index in [1.807, 2.05) is 0 Å². The van der Waals surface area contributed by atoms with E-state index in [0.717, 1.165) is 19.0 Å². The molecule has 15 heavy (non-hydrogen) atoms. The van der Waals surface area contributed by atoms with Crippen molar-refractivity contribution in [1.82, 2.24) is 4.90 Å². The summed E-state index contributed by atoms with van der Waals surface area (Å²) in [6.07, 6.45) is 5.33. The molecule has 0 radical (unpaired) electrons. The van der Waals surface area contributed by atoms with E-state index in [4.69, 9.17) is 10.1 Å². The van der Waals surface area contributed by atoms with Crippen LogP contribution in [0.25, 0.3) is 0 Å². The van der Waals surface area contributed by atoms with Gasteiger partial charge in [-0.15, -0.1) is 0 Å². The first-order valence-corrected chi connectivity index (χ1v) is 6.15. The van der Waals surface area contributed by atoms with Crippen LogP contribution in [0.3, 0.4) is 0 Å². The van der Waals surface area contributed by atoms with Crippen LogP contribution >= 0.6 is 0 Å². The van der Waals surface area contributed by atoms with Gasteiger partial charge in [-0.2, -0.15) is 0 Å². The van der Waals surface area contributed by atoms with Crippen molar-refractivity contribution in [2.24, 2.45) is 5.92 Å². The molecule has 0 amide bonds. The normalized spacial score (nSPS) is 33.3. The van der Waals surface area contributed by atoms with Crippen molar-refractivity contribution >= 4 is 5.84 Å². The van der Waals surface area contributed by atoms with Crippen molar-refractivity contribution in [3.63, 3.8) is 0 Å². The summed E-state index contributed by atoms with van der Waals surface area (Å²) in [5.41, 5.74) is 0. The first kappa shape index (κ1) is 10.9. The van der Waals surface area contributed by atoms with Gasteiger partial charge in [0.1, 0.15) is 0 Å². The molecule has 1 saturated carbocycles. The second kappa shape index (κ2) is 4.52. The first-order chi connectivity index (χ1) is 7.18. The van der Waals surface area contributed by atoms with Gasteiger partial charge >= 0.3 is 0 Å². The SMILES string of the molecule is CC1CN(C(=N)C2CCCC2)C(C)CO1. The molecule has 1 aliphatic carbocycles. The molecule has 1 heterocycles. The third-order valence-corrected chi connectivity index (χ3v) is 3.66. The minimum absolute atomic E-state index is 0.281. The van der Waals surface area contributed by atoms with E-state index in [0.29, 0.717) is 12.0 Å². The summed E-state index contributed by atoms with van der Waals surface area (Å²) in [6.45, 7) is 5.93. The molecular weight excluding hydrogens is 188 g/mol. The van der Waals surface area contributed by atoms with Crippen LogP contribution in [0.2, 0.25) is 0 Å². The number of nitrogens with one attached hydrogen (secondary N) is 1. The molecular formula is C12H22N2O. The van der Waals surface area contributed by atoms with Gasteiger partial charge in [0.25, 0.3) is 0 Å². The average Bonchev–Trinajstić information content (AvgIpc) is 2.74. The fourth-order valence-electron chi connectivity index (χ4n) is 2.67. The Hall–Kier alpha value is -0.570. The molecule has 0 spiro atoms. The lowest BCUT2D eigenvalue weighted by molar-refractivity contribution is -0.0243. The smallest absolute Gasteiger partial charge is 0.0993 e. The molecule has 2 unspecified atom stereocenters. The number of hydrogen-bond donors (Lipinski definition) is 1. The Bertz CT molecular complexity index is 236. The monoisotopic (exact) mass is 210 g/mol. The Morgan fingerprint density at radius 2 is 1.93 bits per heavy atom. The molecule has 0 aromatic carbocycles. The largest absolute Gasteiger partial charge is 0.375 e. The molecule has 2 fully saturated rings. The van der Waals surface area contributed by atoms with Crippen LogP contribution in [0, 0.1) is 11.3 Å². The molecule has 3 heteroatoms. The molecule has 0 aromatic rings. The number of ether oxygens (including phenoxy) is 1. The van der Waals surface area contributed by atoms with Crippen molar-refractivity contribution in [1.29, 1.82) is 5.41 Å². The quantitative estimate of drug-likeness (QED) is 0.532. The van der Waals surface area contributed by atoms with Gasteiger partial charge in [0, 0.05) is 12.5 Å². The van der Waals surface area contributed by atoms with E-state index < -0.39 is 0 Å². The minimum atomic E-state index is 0.281. The fraction of sp³-hybridized carbons (Fsp3) is 0.917. The van der Waals surface area contributed by atoms with Gasteiger partial charge < -0.3 is 9.64 Å². The number of rotatable bonds is 1. The fourth-order valence-corrected chi connectivity index (χ4v) is 2.67. The van der Waals surface area contributed by atoms with Crippen LogP contribution in [-0.4, -0.2) is 36.0 Å². The maximum absolute atomic E-state index is 8.27. The lowest BCUT2D eigenvalue weighted by Crippen LogP contribution is -2.51. The Morgan fingerprint density at radius 1 is 1.27 bits per heavy atom. The van der Waals surface area contributed by atoms with E-state index in [1.54, 1.807) is 0 Å². The molecule has 2 atom stereocenters. The first-order valence-electron chi connectivity index (χ1n) is 6.15. The highest BCUT2D eigenvalue weighted by molar-refractivity contribution is 5.82. The molecule has 1 N–H and O–H groups in total.